The largest absolute Gasteiger partial charge is 0.497 e. The maximum atomic E-state index is 14.4. The first-order valence-corrected chi connectivity index (χ1v) is 18.7. The van der Waals surface area contributed by atoms with Crippen molar-refractivity contribution in [2.24, 2.45) is 11.8 Å². The first-order chi connectivity index (χ1) is 24.3. The molecule has 0 bridgehead atoms. The molecular weight excluding hydrogens is 682 g/mol. The van der Waals surface area contributed by atoms with E-state index in [2.05, 4.69) is 20.3 Å². The highest BCUT2D eigenvalue weighted by molar-refractivity contribution is 7.91. The minimum atomic E-state index is -4.00. The van der Waals surface area contributed by atoms with E-state index in [1.54, 1.807) is 38.4 Å². The van der Waals surface area contributed by atoms with Crippen LogP contribution in [0, 0.1) is 11.8 Å². The van der Waals surface area contributed by atoms with E-state index in [0.717, 1.165) is 5.39 Å². The fraction of sp³-hybridized carbons (Fsp3) is 0.571. The third kappa shape index (κ3) is 7.47. The van der Waals surface area contributed by atoms with Gasteiger partial charge in [-0.3, -0.25) is 19.1 Å². The summed E-state index contributed by atoms with van der Waals surface area (Å²) in [7, 11) is -0.966. The predicted octanol–water partition coefficient (Wildman–Crippen LogP) is 2.49. The number of amides is 4. The molecular formula is C35H45N5O10S. The summed E-state index contributed by atoms with van der Waals surface area (Å²) in [6.07, 6.45) is 6.65. The smallest absolute Gasteiger partial charge is 0.405 e. The maximum Gasteiger partial charge on any atom is 0.405 e. The number of benzene rings is 1. The van der Waals surface area contributed by atoms with Gasteiger partial charge < -0.3 is 34.9 Å². The summed E-state index contributed by atoms with van der Waals surface area (Å²) in [5, 5.41) is 16.5. The summed E-state index contributed by atoms with van der Waals surface area (Å²) in [5.41, 5.74) is -1.55. The molecule has 4 amide bonds. The lowest BCUT2D eigenvalue weighted by molar-refractivity contribution is -0.142. The number of hydrogen-bond acceptors (Lipinski definition) is 10. The van der Waals surface area contributed by atoms with Crippen LogP contribution in [0.2, 0.25) is 0 Å². The highest BCUT2D eigenvalue weighted by Crippen LogP contribution is 2.47. The SMILES string of the molecule is COC[C@@H]1CCCC/C=C\[C@@H]2C[C@@]2(C(=O)NS(=O)(=O)C2(C)CC2)NC(=O)[C@@H]2C[C@@H](Oc3nccc4cc(OC)ccc34)CN2C(=O)[C@H]1NC(=O)O. The standard InChI is InChI=1S/C35H45N5O10S/c1-34(13-14-34)51(46,47)39-32(43)35-18-23(35)9-7-5-4-6-8-22(20-48-2)28(37-33(44)45)31(42)40-19-25(17-27(40)29(41)38-35)50-30-26-11-10-24(49-3)16-21(26)12-15-36-30/h7,9-12,15-16,22-23,25,27-28,37H,4-6,8,13-14,17-20H2,1-3H3,(H,38,41)(H,39,43)(H,44,45)/b9-7-/t22-,23+,25+,27-,28-,35+/m0/s1. The highest BCUT2D eigenvalue weighted by atomic mass is 32.2. The molecule has 3 fully saturated rings. The van der Waals surface area contributed by atoms with Crippen molar-refractivity contribution < 1.29 is 46.9 Å². The fourth-order valence-corrected chi connectivity index (χ4v) is 8.44. The molecule has 2 aromatic rings. The van der Waals surface area contributed by atoms with Gasteiger partial charge in [-0.25, -0.2) is 18.2 Å². The molecule has 0 spiro atoms. The number of aromatic nitrogens is 1. The van der Waals surface area contributed by atoms with Gasteiger partial charge in [0.15, 0.2) is 0 Å². The summed E-state index contributed by atoms with van der Waals surface area (Å²) in [4.78, 5) is 60.2. The van der Waals surface area contributed by atoms with Crippen LogP contribution in [0.15, 0.2) is 42.6 Å². The van der Waals surface area contributed by atoms with Gasteiger partial charge >= 0.3 is 6.09 Å². The van der Waals surface area contributed by atoms with Gasteiger partial charge in [-0.1, -0.05) is 18.6 Å². The molecule has 6 atom stereocenters. The highest BCUT2D eigenvalue weighted by Gasteiger charge is 2.63. The monoisotopic (exact) mass is 727 g/mol. The molecule has 4 aliphatic rings. The molecule has 1 aromatic carbocycles. The third-order valence-corrected chi connectivity index (χ3v) is 12.8. The lowest BCUT2D eigenvalue weighted by Crippen LogP contribution is -2.59. The van der Waals surface area contributed by atoms with E-state index in [1.165, 1.54) is 12.0 Å². The fourth-order valence-electron chi connectivity index (χ4n) is 7.13. The zero-order valence-corrected chi connectivity index (χ0v) is 29.7. The van der Waals surface area contributed by atoms with Crippen LogP contribution in [0.25, 0.3) is 10.8 Å². The molecule has 16 heteroatoms. The molecule has 6 rings (SSSR count). The van der Waals surface area contributed by atoms with E-state index in [-0.39, 0.29) is 31.9 Å². The molecule has 0 radical (unpaired) electrons. The Balaban J connectivity index is 1.34. The summed E-state index contributed by atoms with van der Waals surface area (Å²) in [6, 6.07) is 4.76. The van der Waals surface area contributed by atoms with Crippen molar-refractivity contribution in [1.82, 2.24) is 25.2 Å². The van der Waals surface area contributed by atoms with Gasteiger partial charge in [0.05, 0.1) is 25.0 Å². The van der Waals surface area contributed by atoms with Gasteiger partial charge in [0.25, 0.3) is 5.91 Å². The van der Waals surface area contributed by atoms with Crippen molar-refractivity contribution in [2.75, 3.05) is 27.4 Å². The van der Waals surface area contributed by atoms with Crippen LogP contribution in [0.5, 0.6) is 11.6 Å². The van der Waals surface area contributed by atoms with Crippen LogP contribution >= 0.6 is 0 Å². The van der Waals surface area contributed by atoms with Gasteiger partial charge in [0.2, 0.25) is 27.7 Å². The Morgan fingerprint density at radius 2 is 1.94 bits per heavy atom. The molecule has 276 valence electrons. The van der Waals surface area contributed by atoms with Crippen molar-refractivity contribution >= 4 is 44.6 Å². The first kappa shape index (κ1) is 36.4. The number of fused-ring (bicyclic) bond motifs is 3. The number of carbonyl (C=O) groups excluding carboxylic acids is 3. The number of carboxylic acid groups (broad SMARTS) is 1. The van der Waals surface area contributed by atoms with Crippen LogP contribution in [-0.2, 0) is 29.1 Å². The van der Waals surface area contributed by atoms with Crippen molar-refractivity contribution in [1.29, 1.82) is 0 Å². The first-order valence-electron chi connectivity index (χ1n) is 17.2. The van der Waals surface area contributed by atoms with Gasteiger partial charge in [0.1, 0.15) is 29.5 Å². The van der Waals surface area contributed by atoms with E-state index in [9.17, 15) is 32.7 Å². The normalized spacial score (nSPS) is 29.7. The topological polar surface area (TPSA) is 203 Å². The molecule has 4 N–H and O–H groups in total. The van der Waals surface area contributed by atoms with Crippen molar-refractivity contribution in [3.63, 3.8) is 0 Å². The van der Waals surface area contributed by atoms with Crippen LogP contribution in [0.1, 0.15) is 58.3 Å². The van der Waals surface area contributed by atoms with Crippen molar-refractivity contribution in [3.8, 4) is 11.6 Å². The minimum absolute atomic E-state index is 0.00485. The Kier molecular flexibility index (Phi) is 10.2. The zero-order valence-electron chi connectivity index (χ0n) is 28.9. The maximum absolute atomic E-state index is 14.4. The molecule has 15 nitrogen and oxygen atoms in total. The third-order valence-electron chi connectivity index (χ3n) is 10.6. The second-order valence-electron chi connectivity index (χ2n) is 14.2. The summed E-state index contributed by atoms with van der Waals surface area (Å²) >= 11 is 0. The Labute approximate surface area is 296 Å². The molecule has 3 heterocycles. The number of nitrogens with zero attached hydrogens (tertiary/aromatic N) is 2. The molecule has 2 aliphatic carbocycles. The molecule has 1 aromatic heterocycles. The number of hydrogen-bond donors (Lipinski definition) is 4. The summed E-state index contributed by atoms with van der Waals surface area (Å²) in [6.45, 7) is 1.58. The second kappa shape index (κ2) is 14.3. The number of rotatable bonds is 9. The summed E-state index contributed by atoms with van der Waals surface area (Å²) < 4.78 is 44.5. The van der Waals surface area contributed by atoms with E-state index in [1.807, 2.05) is 18.2 Å². The molecule has 2 aliphatic heterocycles. The molecule has 2 saturated carbocycles. The Morgan fingerprint density at radius 1 is 1.16 bits per heavy atom. The lowest BCUT2D eigenvalue weighted by Gasteiger charge is -2.32. The van der Waals surface area contributed by atoms with Crippen LogP contribution in [-0.4, -0.2) is 103 Å². The molecule has 1 saturated heterocycles. The number of allylic oxidation sites excluding steroid dienone is 1. The molecule has 51 heavy (non-hydrogen) atoms. The predicted molar refractivity (Wildman–Crippen MR) is 184 cm³/mol. The van der Waals surface area contributed by atoms with Gasteiger partial charge in [-0.15, -0.1) is 0 Å². The van der Waals surface area contributed by atoms with Gasteiger partial charge in [-0.05, 0) is 75.1 Å². The van der Waals surface area contributed by atoms with E-state index < -0.39 is 74.1 Å². The van der Waals surface area contributed by atoms with E-state index in [0.29, 0.717) is 49.7 Å². The quantitative estimate of drug-likeness (QED) is 0.277. The number of methoxy groups -OCH3 is 2. The van der Waals surface area contributed by atoms with Crippen LogP contribution < -0.4 is 24.8 Å². The Morgan fingerprint density at radius 3 is 2.65 bits per heavy atom. The van der Waals surface area contributed by atoms with Crippen LogP contribution in [0.3, 0.4) is 0 Å². The minimum Gasteiger partial charge on any atom is -0.497 e. The average molecular weight is 728 g/mol. The summed E-state index contributed by atoms with van der Waals surface area (Å²) in [5.74, 6) is -2.23. The van der Waals surface area contributed by atoms with Crippen molar-refractivity contribution in [3.05, 3.63) is 42.6 Å². The van der Waals surface area contributed by atoms with Gasteiger partial charge in [-0.2, -0.15) is 0 Å². The lowest BCUT2D eigenvalue weighted by atomic mass is 9.92. The number of carbonyl (C=O) groups is 4. The van der Waals surface area contributed by atoms with E-state index in [4.69, 9.17) is 14.2 Å². The van der Waals surface area contributed by atoms with Crippen LogP contribution in [0.4, 0.5) is 4.79 Å². The second-order valence-corrected chi connectivity index (χ2v) is 16.4. The Bertz CT molecular complexity index is 1830. The van der Waals surface area contributed by atoms with Gasteiger partial charge in [0, 0.05) is 36.9 Å². The Hall–Kier alpha value is -4.44. The number of ether oxygens (including phenoxy) is 3. The molecule has 0 unspecified atom stereocenters. The number of sulfonamides is 1. The van der Waals surface area contributed by atoms with Crippen molar-refractivity contribution in [2.45, 2.75) is 86.8 Å². The number of nitrogens with one attached hydrogen (secondary N) is 3. The zero-order chi connectivity index (χ0) is 36.6. The van der Waals surface area contributed by atoms with E-state index >= 15 is 0 Å². The number of pyridine rings is 1. The average Bonchev–Trinajstić information content (AvgIpc) is 3.97.